The zero-order valence-corrected chi connectivity index (χ0v) is 21.8. The van der Waals surface area contributed by atoms with E-state index >= 15 is 4.39 Å². The predicted molar refractivity (Wildman–Crippen MR) is 141 cm³/mol. The Morgan fingerprint density at radius 1 is 0.919 bits per heavy atom. The fraction of sp³-hybridized carbons (Fsp3) is 0.600. The first-order valence-corrected chi connectivity index (χ1v) is 14.0. The molecular formula is C30H40F4N2O. The summed E-state index contributed by atoms with van der Waals surface area (Å²) in [7, 11) is 0. The molecule has 2 fully saturated rings. The van der Waals surface area contributed by atoms with Gasteiger partial charge in [-0.15, -0.1) is 0 Å². The molecule has 0 bridgehead atoms. The van der Waals surface area contributed by atoms with Gasteiger partial charge in [-0.3, -0.25) is 0 Å². The topological polar surface area (TPSA) is 47.3 Å². The number of unbranched alkanes of at least 4 members (excludes halogenated alkanes) is 2. The second-order valence-electron chi connectivity index (χ2n) is 11.0. The van der Waals surface area contributed by atoms with Crippen molar-refractivity contribution >= 4 is 11.4 Å². The Bertz CT molecular complexity index is 1010. The molecule has 0 aromatic heterocycles. The predicted octanol–water partition coefficient (Wildman–Crippen LogP) is 9.63. The van der Waals surface area contributed by atoms with Crippen LogP contribution in [0.1, 0.15) is 95.5 Å². The van der Waals surface area contributed by atoms with E-state index in [0.29, 0.717) is 11.5 Å². The van der Waals surface area contributed by atoms with Gasteiger partial charge in [-0.2, -0.15) is 8.78 Å². The van der Waals surface area contributed by atoms with Gasteiger partial charge in [0.05, 0.1) is 5.69 Å². The third-order valence-corrected chi connectivity index (χ3v) is 8.54. The molecule has 0 saturated heterocycles. The van der Waals surface area contributed by atoms with Crippen LogP contribution >= 0.6 is 0 Å². The van der Waals surface area contributed by atoms with Crippen LogP contribution in [0.3, 0.4) is 0 Å². The summed E-state index contributed by atoms with van der Waals surface area (Å²) >= 11 is 0. The van der Waals surface area contributed by atoms with Gasteiger partial charge < -0.3 is 15.8 Å². The third kappa shape index (κ3) is 7.11. The molecule has 3 nitrogen and oxygen atoms in total. The van der Waals surface area contributed by atoms with Gasteiger partial charge in [0.25, 0.3) is 0 Å². The molecule has 3 N–H and O–H groups in total. The van der Waals surface area contributed by atoms with Crippen LogP contribution in [0.2, 0.25) is 0 Å². The van der Waals surface area contributed by atoms with Crippen LogP contribution in [-0.2, 0) is 0 Å². The smallest absolute Gasteiger partial charge is 0.313 e. The Labute approximate surface area is 218 Å². The Kier molecular flexibility index (Phi) is 9.60. The summed E-state index contributed by atoms with van der Waals surface area (Å²) in [5, 5.41) is 1.92. The van der Waals surface area contributed by atoms with Crippen LogP contribution in [0.4, 0.5) is 28.9 Å². The van der Waals surface area contributed by atoms with Crippen molar-refractivity contribution in [1.29, 1.82) is 0 Å². The number of nitrogen functional groups attached to an aromatic ring is 1. The second kappa shape index (κ2) is 12.9. The Hall–Kier alpha value is -2.44. The minimum Gasteiger partial charge on any atom is -0.449 e. The lowest BCUT2D eigenvalue weighted by Crippen LogP contribution is -2.25. The fourth-order valence-electron chi connectivity index (χ4n) is 6.47. The lowest BCUT2D eigenvalue weighted by atomic mass is 9.68. The van der Waals surface area contributed by atoms with Crippen molar-refractivity contribution in [3.63, 3.8) is 0 Å². The summed E-state index contributed by atoms with van der Waals surface area (Å²) in [5.41, 5.74) is 6.23. The van der Waals surface area contributed by atoms with Gasteiger partial charge in [0, 0.05) is 5.69 Å². The molecule has 0 heterocycles. The highest BCUT2D eigenvalue weighted by Crippen LogP contribution is 2.46. The normalized spacial score (nSPS) is 24.3. The van der Waals surface area contributed by atoms with E-state index in [2.05, 4.69) is 6.92 Å². The number of alkyl halides is 2. The summed E-state index contributed by atoms with van der Waals surface area (Å²) in [6.45, 7) is -0.625. The maximum atomic E-state index is 15.5. The average molecular weight is 521 g/mol. The Balaban J connectivity index is 1.38. The highest BCUT2D eigenvalue weighted by atomic mass is 19.3. The van der Waals surface area contributed by atoms with Gasteiger partial charge in [0.1, 0.15) is 0 Å². The molecule has 7 heteroatoms. The van der Waals surface area contributed by atoms with E-state index in [1.54, 1.807) is 0 Å². The van der Waals surface area contributed by atoms with Gasteiger partial charge in [0.15, 0.2) is 23.1 Å². The van der Waals surface area contributed by atoms with Gasteiger partial charge in [-0.1, -0.05) is 51.5 Å². The summed E-state index contributed by atoms with van der Waals surface area (Å²) in [5.74, 6) is 0.0392. The minimum absolute atomic E-state index is 0.00494. The van der Waals surface area contributed by atoms with Crippen molar-refractivity contribution < 1.29 is 22.3 Å². The molecule has 2 aliphatic rings. The van der Waals surface area contributed by atoms with Crippen LogP contribution in [0.5, 0.6) is 11.5 Å². The van der Waals surface area contributed by atoms with Gasteiger partial charge >= 0.3 is 6.55 Å². The van der Waals surface area contributed by atoms with E-state index in [1.165, 1.54) is 81.7 Å². The fourth-order valence-corrected chi connectivity index (χ4v) is 6.47. The van der Waals surface area contributed by atoms with Crippen LogP contribution in [0.15, 0.2) is 30.3 Å². The van der Waals surface area contributed by atoms with E-state index < -0.39 is 23.9 Å². The van der Waals surface area contributed by atoms with Crippen molar-refractivity contribution in [1.82, 2.24) is 0 Å². The van der Waals surface area contributed by atoms with Gasteiger partial charge in [0.2, 0.25) is 0 Å². The lowest BCUT2D eigenvalue weighted by Gasteiger charge is -2.38. The molecule has 0 spiro atoms. The highest BCUT2D eigenvalue weighted by Gasteiger charge is 2.33. The van der Waals surface area contributed by atoms with Crippen LogP contribution in [0, 0.1) is 29.4 Å². The van der Waals surface area contributed by atoms with Crippen molar-refractivity contribution in [3.05, 3.63) is 47.5 Å². The largest absolute Gasteiger partial charge is 0.449 e. The average Bonchev–Trinajstić information content (AvgIpc) is 2.88. The number of ether oxygens (including phenoxy) is 1. The number of benzene rings is 2. The van der Waals surface area contributed by atoms with Gasteiger partial charge in [-0.05, 0) is 92.0 Å². The minimum atomic E-state index is -2.88. The van der Waals surface area contributed by atoms with Crippen LogP contribution in [0.25, 0.3) is 0 Å². The van der Waals surface area contributed by atoms with Crippen LogP contribution in [-0.4, -0.2) is 6.55 Å². The molecule has 0 atom stereocenters. The van der Waals surface area contributed by atoms with E-state index in [9.17, 15) is 13.2 Å². The third-order valence-electron chi connectivity index (χ3n) is 8.54. The maximum Gasteiger partial charge on any atom is 0.313 e. The first-order chi connectivity index (χ1) is 17.9. The zero-order chi connectivity index (χ0) is 26.4. The molecule has 0 unspecified atom stereocenters. The number of rotatable bonds is 10. The molecule has 0 radical (unpaired) electrons. The molecular weight excluding hydrogens is 480 g/mol. The SMILES string of the molecule is CCCCCC1CCC(C2CCC(c3ccc(F)c(Oc4ccc(N)cc4NC(F)F)c3F)CC2)CC1. The molecule has 2 saturated carbocycles. The first kappa shape index (κ1) is 27.6. The molecule has 37 heavy (non-hydrogen) atoms. The van der Waals surface area contributed by atoms with Crippen molar-refractivity contribution in [2.24, 2.45) is 17.8 Å². The van der Waals surface area contributed by atoms with E-state index in [1.807, 2.05) is 5.32 Å². The number of anilines is 2. The van der Waals surface area contributed by atoms with Crippen molar-refractivity contribution in [3.8, 4) is 11.5 Å². The molecule has 2 aromatic rings. The lowest BCUT2D eigenvalue weighted by molar-refractivity contribution is 0.155. The summed E-state index contributed by atoms with van der Waals surface area (Å²) in [4.78, 5) is 0. The Morgan fingerprint density at radius 2 is 1.59 bits per heavy atom. The summed E-state index contributed by atoms with van der Waals surface area (Å²) in [6, 6.07) is 6.73. The molecule has 0 aliphatic heterocycles. The quantitative estimate of drug-likeness (QED) is 0.142. The zero-order valence-electron chi connectivity index (χ0n) is 21.8. The van der Waals surface area contributed by atoms with E-state index in [0.717, 1.165) is 37.5 Å². The van der Waals surface area contributed by atoms with Crippen molar-refractivity contribution in [2.45, 2.75) is 96.4 Å². The number of nitrogens with one attached hydrogen (secondary N) is 1. The molecule has 2 aliphatic carbocycles. The standard InChI is InChI=1S/C30H40F4N2O/c1-2-3-4-5-19-6-8-20(9-7-19)21-10-12-22(13-11-21)24-15-16-25(31)29(28(24)32)37-27-17-14-23(35)18-26(27)36-30(33)34/h14-22,30,36H,2-13,35H2,1H3. The first-order valence-electron chi connectivity index (χ1n) is 14.0. The molecule has 204 valence electrons. The number of halogens is 4. The molecule has 2 aromatic carbocycles. The summed E-state index contributed by atoms with van der Waals surface area (Å²) in [6.07, 6.45) is 14.5. The number of hydrogen-bond donors (Lipinski definition) is 2. The molecule has 4 rings (SSSR count). The van der Waals surface area contributed by atoms with Crippen molar-refractivity contribution in [2.75, 3.05) is 11.1 Å². The number of hydrogen-bond acceptors (Lipinski definition) is 3. The highest BCUT2D eigenvalue weighted by molar-refractivity contribution is 5.64. The molecule has 0 amide bonds. The van der Waals surface area contributed by atoms with Gasteiger partial charge in [-0.25, -0.2) is 8.78 Å². The monoisotopic (exact) mass is 520 g/mol. The Morgan fingerprint density at radius 3 is 2.24 bits per heavy atom. The maximum absolute atomic E-state index is 15.5. The van der Waals surface area contributed by atoms with Crippen LogP contribution < -0.4 is 15.8 Å². The number of nitrogens with two attached hydrogens (primary N) is 1. The van der Waals surface area contributed by atoms with E-state index in [-0.39, 0.29) is 23.0 Å². The van der Waals surface area contributed by atoms with E-state index in [4.69, 9.17) is 10.5 Å². The summed E-state index contributed by atoms with van der Waals surface area (Å²) < 4.78 is 61.6. The second-order valence-corrected chi connectivity index (χ2v) is 11.0.